The molecular weight excluding hydrogens is 509 g/mol. The van der Waals surface area contributed by atoms with E-state index in [1.807, 2.05) is 78.9 Å². The number of hydrogen-bond acceptors (Lipinski definition) is 4. The Morgan fingerprint density at radius 3 is 2.43 bits per heavy atom. The second-order valence-electron chi connectivity index (χ2n) is 6.74. The van der Waals surface area contributed by atoms with E-state index in [9.17, 15) is 9.59 Å². The van der Waals surface area contributed by atoms with Crippen LogP contribution in [0.3, 0.4) is 0 Å². The lowest BCUT2D eigenvalue weighted by Crippen LogP contribution is -2.27. The highest BCUT2D eigenvalue weighted by Gasteiger charge is 2.34. The molecule has 0 radical (unpaired) electrons. The quantitative estimate of drug-likeness (QED) is 0.287. The Morgan fingerprint density at radius 1 is 0.900 bits per heavy atom. The van der Waals surface area contributed by atoms with Crippen molar-refractivity contribution in [2.45, 2.75) is 13.2 Å². The molecule has 0 spiro atoms. The Bertz CT molecular complexity index is 1100. The number of amides is 2. The van der Waals surface area contributed by atoms with Crippen LogP contribution >= 0.6 is 34.4 Å². The molecule has 0 aliphatic carbocycles. The molecule has 3 aromatic rings. The van der Waals surface area contributed by atoms with E-state index in [0.717, 1.165) is 32.0 Å². The minimum Gasteiger partial charge on any atom is -0.489 e. The summed E-state index contributed by atoms with van der Waals surface area (Å²) in [7, 11) is 0. The number of benzene rings is 3. The van der Waals surface area contributed by atoms with Crippen LogP contribution in [0.25, 0.3) is 6.08 Å². The van der Waals surface area contributed by atoms with Crippen molar-refractivity contribution in [1.82, 2.24) is 4.90 Å². The molecule has 0 bridgehead atoms. The van der Waals surface area contributed by atoms with E-state index in [2.05, 4.69) is 22.6 Å². The van der Waals surface area contributed by atoms with Crippen LogP contribution in [0, 0.1) is 3.57 Å². The standard InChI is InChI=1S/C24H18INO3S/c25-20-11-9-17(10-12-20)15-26-23(27)22(30-24(26)28)14-19-7-4-8-21(13-19)29-16-18-5-2-1-3-6-18/h1-14H,15-16H2/b22-14-. The van der Waals surface area contributed by atoms with Crippen LogP contribution in [0.1, 0.15) is 16.7 Å². The largest absolute Gasteiger partial charge is 0.489 e. The van der Waals surface area contributed by atoms with Crippen molar-refractivity contribution in [3.05, 3.63) is 104 Å². The molecule has 4 rings (SSSR count). The predicted molar refractivity (Wildman–Crippen MR) is 128 cm³/mol. The Hall–Kier alpha value is -2.58. The molecule has 2 amide bonds. The van der Waals surface area contributed by atoms with E-state index in [0.29, 0.717) is 17.3 Å². The molecule has 1 saturated heterocycles. The van der Waals surface area contributed by atoms with Crippen LogP contribution in [0.5, 0.6) is 5.75 Å². The summed E-state index contributed by atoms with van der Waals surface area (Å²) < 4.78 is 6.97. The van der Waals surface area contributed by atoms with Crippen LogP contribution in [0.2, 0.25) is 0 Å². The van der Waals surface area contributed by atoms with E-state index in [1.54, 1.807) is 6.08 Å². The Labute approximate surface area is 193 Å². The molecule has 0 aromatic heterocycles. The summed E-state index contributed by atoms with van der Waals surface area (Å²) >= 11 is 3.20. The van der Waals surface area contributed by atoms with Crippen LogP contribution in [-0.4, -0.2) is 16.0 Å². The molecule has 0 saturated carbocycles. The fraction of sp³-hybridized carbons (Fsp3) is 0.0833. The Kier molecular flexibility index (Phi) is 6.54. The summed E-state index contributed by atoms with van der Waals surface area (Å²) in [6.45, 7) is 0.746. The second-order valence-corrected chi connectivity index (χ2v) is 8.98. The summed E-state index contributed by atoms with van der Waals surface area (Å²) in [5.74, 6) is 0.449. The lowest BCUT2D eigenvalue weighted by molar-refractivity contribution is -0.123. The zero-order chi connectivity index (χ0) is 20.9. The lowest BCUT2D eigenvalue weighted by Gasteiger charge is -2.12. The molecule has 6 heteroatoms. The zero-order valence-corrected chi connectivity index (χ0v) is 18.9. The highest BCUT2D eigenvalue weighted by molar-refractivity contribution is 14.1. The molecule has 0 atom stereocenters. The molecule has 4 nitrogen and oxygen atoms in total. The van der Waals surface area contributed by atoms with Crippen molar-refractivity contribution in [3.8, 4) is 5.75 Å². The second kappa shape index (κ2) is 9.49. The van der Waals surface area contributed by atoms with Gasteiger partial charge in [-0.15, -0.1) is 0 Å². The fourth-order valence-electron chi connectivity index (χ4n) is 3.00. The minimum atomic E-state index is -0.265. The first-order valence-electron chi connectivity index (χ1n) is 9.35. The summed E-state index contributed by atoms with van der Waals surface area (Å²) in [5.41, 5.74) is 2.83. The molecule has 3 aromatic carbocycles. The molecule has 1 heterocycles. The van der Waals surface area contributed by atoms with Crippen molar-refractivity contribution in [1.29, 1.82) is 0 Å². The van der Waals surface area contributed by atoms with Gasteiger partial charge in [-0.05, 0) is 81.4 Å². The molecule has 1 aliphatic heterocycles. The molecule has 150 valence electrons. The Morgan fingerprint density at radius 2 is 1.67 bits per heavy atom. The summed E-state index contributed by atoms with van der Waals surface area (Å²) in [5, 5.41) is -0.249. The monoisotopic (exact) mass is 527 g/mol. The van der Waals surface area contributed by atoms with Gasteiger partial charge in [0.1, 0.15) is 12.4 Å². The fourth-order valence-corrected chi connectivity index (χ4v) is 4.19. The van der Waals surface area contributed by atoms with Gasteiger partial charge in [0.15, 0.2) is 0 Å². The smallest absolute Gasteiger partial charge is 0.293 e. The van der Waals surface area contributed by atoms with Crippen molar-refractivity contribution in [3.63, 3.8) is 0 Å². The van der Waals surface area contributed by atoms with Crippen molar-refractivity contribution >= 4 is 51.6 Å². The minimum absolute atomic E-state index is 0.249. The van der Waals surface area contributed by atoms with Crippen LogP contribution in [-0.2, 0) is 17.9 Å². The molecular formula is C24H18INO3S. The number of carbonyl (C=O) groups is 2. The van der Waals surface area contributed by atoms with Gasteiger partial charge in [-0.2, -0.15) is 0 Å². The first-order chi connectivity index (χ1) is 14.6. The predicted octanol–water partition coefficient (Wildman–Crippen LogP) is 6.11. The average molecular weight is 527 g/mol. The van der Waals surface area contributed by atoms with E-state index in [4.69, 9.17) is 4.74 Å². The van der Waals surface area contributed by atoms with Gasteiger partial charge < -0.3 is 4.74 Å². The lowest BCUT2D eigenvalue weighted by atomic mass is 10.2. The number of carbonyl (C=O) groups excluding carboxylic acids is 2. The van der Waals surface area contributed by atoms with Crippen LogP contribution in [0.4, 0.5) is 4.79 Å². The SMILES string of the molecule is O=C1S/C(=C\c2cccc(OCc3ccccc3)c2)C(=O)N1Cc1ccc(I)cc1. The van der Waals surface area contributed by atoms with Gasteiger partial charge in [-0.25, -0.2) is 0 Å². The topological polar surface area (TPSA) is 46.6 Å². The van der Waals surface area contributed by atoms with Crippen molar-refractivity contribution < 1.29 is 14.3 Å². The summed E-state index contributed by atoms with van der Waals surface area (Å²) in [6.07, 6.45) is 1.74. The maximum atomic E-state index is 12.8. The molecule has 0 unspecified atom stereocenters. The van der Waals surface area contributed by atoms with Gasteiger partial charge in [0.05, 0.1) is 11.4 Å². The van der Waals surface area contributed by atoms with Crippen LogP contribution < -0.4 is 4.74 Å². The number of ether oxygens (including phenoxy) is 1. The molecule has 1 fully saturated rings. The van der Waals surface area contributed by atoms with E-state index in [-0.39, 0.29) is 17.7 Å². The van der Waals surface area contributed by atoms with Gasteiger partial charge in [-0.1, -0.05) is 54.6 Å². The van der Waals surface area contributed by atoms with Gasteiger partial charge in [0, 0.05) is 3.57 Å². The van der Waals surface area contributed by atoms with Gasteiger partial charge >= 0.3 is 0 Å². The van der Waals surface area contributed by atoms with E-state index >= 15 is 0 Å². The highest BCUT2D eigenvalue weighted by Crippen LogP contribution is 2.33. The Balaban J connectivity index is 1.46. The third kappa shape index (κ3) is 5.12. The first-order valence-corrected chi connectivity index (χ1v) is 11.2. The number of hydrogen-bond donors (Lipinski definition) is 0. The summed E-state index contributed by atoms with van der Waals surface area (Å²) in [4.78, 5) is 26.9. The number of thioether (sulfide) groups is 1. The summed E-state index contributed by atoms with van der Waals surface area (Å²) in [6, 6.07) is 25.2. The van der Waals surface area contributed by atoms with Gasteiger partial charge in [0.25, 0.3) is 11.1 Å². The molecule has 0 N–H and O–H groups in total. The number of halogens is 1. The maximum absolute atomic E-state index is 12.8. The van der Waals surface area contributed by atoms with E-state index < -0.39 is 0 Å². The normalized spacial score (nSPS) is 15.1. The average Bonchev–Trinajstić information content (AvgIpc) is 3.02. The van der Waals surface area contributed by atoms with Gasteiger partial charge in [0.2, 0.25) is 0 Å². The number of nitrogens with zero attached hydrogens (tertiary/aromatic N) is 1. The van der Waals surface area contributed by atoms with Crippen molar-refractivity contribution in [2.24, 2.45) is 0 Å². The molecule has 1 aliphatic rings. The van der Waals surface area contributed by atoms with Crippen molar-refractivity contribution in [2.75, 3.05) is 0 Å². The first kappa shape index (κ1) is 20.7. The highest BCUT2D eigenvalue weighted by atomic mass is 127. The third-order valence-electron chi connectivity index (χ3n) is 4.53. The third-order valence-corrected chi connectivity index (χ3v) is 6.16. The van der Waals surface area contributed by atoms with Gasteiger partial charge in [-0.3, -0.25) is 14.5 Å². The van der Waals surface area contributed by atoms with Crippen LogP contribution in [0.15, 0.2) is 83.8 Å². The maximum Gasteiger partial charge on any atom is 0.293 e. The molecule has 30 heavy (non-hydrogen) atoms. The van der Waals surface area contributed by atoms with E-state index in [1.165, 1.54) is 4.90 Å². The number of rotatable bonds is 6. The zero-order valence-electron chi connectivity index (χ0n) is 16.0. The number of imide groups is 1.